The summed E-state index contributed by atoms with van der Waals surface area (Å²) in [4.78, 5) is 4.87. The molecule has 2 aliphatic carbocycles. The van der Waals surface area contributed by atoms with E-state index in [0.717, 1.165) is 64.2 Å². The lowest BCUT2D eigenvalue weighted by Gasteiger charge is -2.27. The number of nitrogens with one attached hydrogen (secondary N) is 2. The first-order valence-electron chi connectivity index (χ1n) is 9.87. The third kappa shape index (κ3) is 7.39. The molecule has 0 atom stereocenters. The summed E-state index contributed by atoms with van der Waals surface area (Å²) in [5.41, 5.74) is 0.353. The highest BCUT2D eigenvalue weighted by Gasteiger charge is 2.33. The molecule has 2 fully saturated rings. The second-order valence-corrected chi connectivity index (χ2v) is 7.44. The first-order chi connectivity index (χ1) is 11.8. The minimum atomic E-state index is 0.353. The predicted molar refractivity (Wildman–Crippen MR) is 99.5 cm³/mol. The molecule has 0 unspecified atom stereocenters. The summed E-state index contributed by atoms with van der Waals surface area (Å²) in [6.45, 7) is 7.49. The highest BCUT2D eigenvalue weighted by molar-refractivity contribution is 5.79. The Morgan fingerprint density at radius 3 is 2.62 bits per heavy atom. The van der Waals surface area contributed by atoms with E-state index in [9.17, 15) is 0 Å². The number of ether oxygens (including phenoxy) is 2. The third-order valence-corrected chi connectivity index (χ3v) is 5.23. The van der Waals surface area contributed by atoms with Crippen molar-refractivity contribution in [1.82, 2.24) is 10.6 Å². The maximum atomic E-state index is 5.69. The molecular formula is C19H37N3O2. The maximum Gasteiger partial charge on any atom is 0.191 e. The second kappa shape index (κ2) is 10.9. The van der Waals surface area contributed by atoms with E-state index in [2.05, 4.69) is 17.6 Å². The van der Waals surface area contributed by atoms with E-state index in [1.807, 2.05) is 0 Å². The molecule has 0 aromatic heterocycles. The fourth-order valence-corrected chi connectivity index (χ4v) is 3.43. The quantitative estimate of drug-likeness (QED) is 0.326. The summed E-state index contributed by atoms with van der Waals surface area (Å²) < 4.78 is 11.0. The normalized spacial score (nSPS) is 20.3. The van der Waals surface area contributed by atoms with Gasteiger partial charge in [-0.15, -0.1) is 0 Å². The van der Waals surface area contributed by atoms with Crippen LogP contribution in [0.1, 0.15) is 58.3 Å². The Bertz CT molecular complexity index is 364. The van der Waals surface area contributed by atoms with Crippen molar-refractivity contribution in [3.05, 3.63) is 0 Å². The third-order valence-electron chi connectivity index (χ3n) is 5.23. The van der Waals surface area contributed by atoms with Gasteiger partial charge in [0.2, 0.25) is 0 Å². The molecule has 5 nitrogen and oxygen atoms in total. The van der Waals surface area contributed by atoms with Gasteiger partial charge in [-0.25, -0.2) is 0 Å². The summed E-state index contributed by atoms with van der Waals surface area (Å²) in [6.07, 6.45) is 10.1. The van der Waals surface area contributed by atoms with Crippen LogP contribution in [-0.2, 0) is 9.47 Å². The van der Waals surface area contributed by atoms with E-state index < -0.39 is 0 Å². The van der Waals surface area contributed by atoms with E-state index in [4.69, 9.17) is 14.5 Å². The summed E-state index contributed by atoms with van der Waals surface area (Å²) in [6, 6.07) is 0. The lowest BCUT2D eigenvalue weighted by Crippen LogP contribution is -2.39. The Kier molecular flexibility index (Phi) is 8.89. The molecule has 0 spiro atoms. The number of methoxy groups -OCH3 is 1. The standard InChI is InChI=1S/C19H37N3O2/c1-3-20-18(21-12-6-13-24-15-17-7-8-17)22-16-19(11-14-23-2)9-4-5-10-19/h17H,3-16H2,1-2H3,(H2,20,21,22). The van der Waals surface area contributed by atoms with Crippen molar-refractivity contribution < 1.29 is 9.47 Å². The number of hydrogen-bond acceptors (Lipinski definition) is 3. The number of guanidine groups is 1. The van der Waals surface area contributed by atoms with Gasteiger partial charge in [0.15, 0.2) is 5.96 Å². The summed E-state index contributed by atoms with van der Waals surface area (Å²) in [7, 11) is 1.79. The van der Waals surface area contributed by atoms with Gasteiger partial charge < -0.3 is 20.1 Å². The molecule has 2 N–H and O–H groups in total. The Morgan fingerprint density at radius 1 is 1.17 bits per heavy atom. The van der Waals surface area contributed by atoms with Gasteiger partial charge in [0.25, 0.3) is 0 Å². The zero-order valence-electron chi connectivity index (χ0n) is 15.7. The molecule has 0 amide bonds. The van der Waals surface area contributed by atoms with Crippen molar-refractivity contribution in [2.75, 3.05) is 46.6 Å². The Morgan fingerprint density at radius 2 is 1.96 bits per heavy atom. The van der Waals surface area contributed by atoms with Gasteiger partial charge in [-0.05, 0) is 56.8 Å². The van der Waals surface area contributed by atoms with Crippen LogP contribution >= 0.6 is 0 Å². The van der Waals surface area contributed by atoms with Crippen LogP contribution in [0.25, 0.3) is 0 Å². The summed E-state index contributed by atoms with van der Waals surface area (Å²) in [5.74, 6) is 1.80. The SMILES string of the molecule is CCNC(=NCC1(CCOC)CCCC1)NCCCOCC1CC1. The molecule has 2 aliphatic rings. The average Bonchev–Trinajstić information content (AvgIpc) is 3.30. The van der Waals surface area contributed by atoms with E-state index in [1.165, 1.54) is 38.5 Å². The van der Waals surface area contributed by atoms with E-state index >= 15 is 0 Å². The second-order valence-electron chi connectivity index (χ2n) is 7.44. The van der Waals surface area contributed by atoms with Gasteiger partial charge in [-0.2, -0.15) is 0 Å². The maximum absolute atomic E-state index is 5.69. The largest absolute Gasteiger partial charge is 0.385 e. The molecule has 0 aromatic rings. The topological polar surface area (TPSA) is 54.9 Å². The van der Waals surface area contributed by atoms with Crippen LogP contribution < -0.4 is 10.6 Å². The molecule has 140 valence electrons. The molecule has 2 rings (SSSR count). The van der Waals surface area contributed by atoms with Gasteiger partial charge in [0.1, 0.15) is 0 Å². The number of hydrogen-bond donors (Lipinski definition) is 2. The van der Waals surface area contributed by atoms with E-state index in [0.29, 0.717) is 5.41 Å². The lowest BCUT2D eigenvalue weighted by atomic mass is 9.83. The van der Waals surface area contributed by atoms with Crippen LogP contribution in [0.3, 0.4) is 0 Å². The van der Waals surface area contributed by atoms with Crippen LogP contribution in [-0.4, -0.2) is 52.5 Å². The number of rotatable bonds is 12. The molecule has 24 heavy (non-hydrogen) atoms. The highest BCUT2D eigenvalue weighted by atomic mass is 16.5. The molecular weight excluding hydrogens is 302 g/mol. The highest BCUT2D eigenvalue weighted by Crippen LogP contribution is 2.41. The molecule has 0 aliphatic heterocycles. The summed E-state index contributed by atoms with van der Waals surface area (Å²) in [5, 5.41) is 6.82. The fourth-order valence-electron chi connectivity index (χ4n) is 3.43. The van der Waals surface area contributed by atoms with Crippen molar-refractivity contribution in [3.8, 4) is 0 Å². The zero-order chi connectivity index (χ0) is 17.1. The molecule has 2 saturated carbocycles. The van der Waals surface area contributed by atoms with Gasteiger partial charge in [0, 0.05) is 46.6 Å². The monoisotopic (exact) mass is 339 g/mol. The minimum absolute atomic E-state index is 0.353. The van der Waals surface area contributed by atoms with Crippen molar-refractivity contribution >= 4 is 5.96 Å². The number of aliphatic imine (C=N–C) groups is 1. The van der Waals surface area contributed by atoms with E-state index in [1.54, 1.807) is 7.11 Å². The predicted octanol–water partition coefficient (Wildman–Crippen LogP) is 2.96. The molecule has 5 heteroatoms. The molecule has 0 radical (unpaired) electrons. The first kappa shape index (κ1) is 19.5. The van der Waals surface area contributed by atoms with Gasteiger partial charge in [-0.1, -0.05) is 12.8 Å². The fraction of sp³-hybridized carbons (Fsp3) is 0.947. The number of nitrogens with zero attached hydrogens (tertiary/aromatic N) is 1. The van der Waals surface area contributed by atoms with E-state index in [-0.39, 0.29) is 0 Å². The van der Waals surface area contributed by atoms with Crippen LogP contribution in [0.4, 0.5) is 0 Å². The van der Waals surface area contributed by atoms with Gasteiger partial charge >= 0.3 is 0 Å². The van der Waals surface area contributed by atoms with Crippen LogP contribution in [0.5, 0.6) is 0 Å². The average molecular weight is 340 g/mol. The van der Waals surface area contributed by atoms with Crippen molar-refractivity contribution in [2.24, 2.45) is 16.3 Å². The molecule has 0 saturated heterocycles. The minimum Gasteiger partial charge on any atom is -0.385 e. The van der Waals surface area contributed by atoms with Crippen LogP contribution in [0, 0.1) is 11.3 Å². The van der Waals surface area contributed by atoms with Crippen molar-refractivity contribution in [3.63, 3.8) is 0 Å². The molecule has 0 aromatic carbocycles. The van der Waals surface area contributed by atoms with Gasteiger partial charge in [-0.3, -0.25) is 4.99 Å². The Hall–Kier alpha value is -0.810. The molecule has 0 bridgehead atoms. The van der Waals surface area contributed by atoms with Crippen LogP contribution in [0.15, 0.2) is 4.99 Å². The Balaban J connectivity index is 1.69. The smallest absolute Gasteiger partial charge is 0.191 e. The molecule has 0 heterocycles. The lowest BCUT2D eigenvalue weighted by molar-refractivity contribution is 0.123. The first-order valence-corrected chi connectivity index (χ1v) is 9.87. The van der Waals surface area contributed by atoms with Crippen molar-refractivity contribution in [2.45, 2.75) is 58.3 Å². The Labute approximate surface area is 148 Å². The zero-order valence-corrected chi connectivity index (χ0v) is 15.7. The van der Waals surface area contributed by atoms with Crippen LogP contribution in [0.2, 0.25) is 0 Å². The summed E-state index contributed by atoms with van der Waals surface area (Å²) >= 11 is 0. The van der Waals surface area contributed by atoms with Gasteiger partial charge in [0.05, 0.1) is 0 Å². The van der Waals surface area contributed by atoms with Crippen molar-refractivity contribution in [1.29, 1.82) is 0 Å².